The fourth-order valence-electron chi connectivity index (χ4n) is 8.58. The quantitative estimate of drug-likeness (QED) is 0.130. The molecule has 1 aliphatic heterocycles. The van der Waals surface area contributed by atoms with Gasteiger partial charge in [-0.2, -0.15) is 0 Å². The van der Waals surface area contributed by atoms with Gasteiger partial charge < -0.3 is 24.8 Å². The van der Waals surface area contributed by atoms with Crippen molar-refractivity contribution in [2.24, 2.45) is 0 Å². The third kappa shape index (κ3) is 6.82. The van der Waals surface area contributed by atoms with Gasteiger partial charge in [0.25, 0.3) is 0 Å². The number of aliphatic hydroxyl groups is 3. The van der Waals surface area contributed by atoms with E-state index in [0.29, 0.717) is 33.4 Å². The Kier molecular flexibility index (Phi) is 10.2. The lowest BCUT2D eigenvalue weighted by molar-refractivity contribution is -0.226. The second kappa shape index (κ2) is 14.6. The van der Waals surface area contributed by atoms with Crippen molar-refractivity contribution >= 4 is 0 Å². The molecule has 1 saturated heterocycles. The summed E-state index contributed by atoms with van der Waals surface area (Å²) in [4.78, 5) is 0. The standard InChI is InChI=1S/C51H54O5/c1-34-9-21-40(22-10-34)48(52,41-23-11-35(2)12-24-41)33-49(51(54,44-29-17-38(5)18-30-44)45-31-19-39(6)20-32-45)46(55-47(7,8)56-49)50(53,42-25-13-36(3)14-26-42)43-27-15-37(4)16-28-43/h9-32,46,52-54H,33H2,1-8H3. The lowest BCUT2D eigenvalue weighted by Gasteiger charge is -2.53. The van der Waals surface area contributed by atoms with Crippen LogP contribution in [-0.2, 0) is 26.3 Å². The molecule has 2 atom stereocenters. The summed E-state index contributed by atoms with van der Waals surface area (Å²) in [5, 5.41) is 42.1. The van der Waals surface area contributed by atoms with Gasteiger partial charge in [0.15, 0.2) is 5.79 Å². The zero-order valence-corrected chi connectivity index (χ0v) is 33.8. The normalized spacial score (nSPS) is 18.6. The zero-order valence-electron chi connectivity index (χ0n) is 33.8. The molecule has 0 amide bonds. The SMILES string of the molecule is Cc1ccc(C(O)(CC2(C(O)(c3ccc(C)cc3)c3ccc(C)cc3)OC(C)(C)OC2C(O)(c2ccc(C)cc2)c2ccc(C)cc2)c2ccc(C)cc2)cc1. The van der Waals surface area contributed by atoms with Crippen molar-refractivity contribution in [1.29, 1.82) is 0 Å². The minimum Gasteiger partial charge on any atom is -0.380 e. The number of ether oxygens (including phenoxy) is 2. The first-order chi connectivity index (χ1) is 26.5. The van der Waals surface area contributed by atoms with E-state index in [1.54, 1.807) is 0 Å². The number of hydrogen-bond donors (Lipinski definition) is 3. The first kappa shape index (κ1) is 39.4. The molecule has 0 spiro atoms. The van der Waals surface area contributed by atoms with Gasteiger partial charge in [0.1, 0.15) is 28.5 Å². The summed E-state index contributed by atoms with van der Waals surface area (Å²) in [5.41, 5.74) is 1.96. The smallest absolute Gasteiger partial charge is 0.164 e. The van der Waals surface area contributed by atoms with Crippen LogP contribution in [0, 0.1) is 41.5 Å². The highest BCUT2D eigenvalue weighted by molar-refractivity contribution is 5.50. The third-order valence-electron chi connectivity index (χ3n) is 11.7. The van der Waals surface area contributed by atoms with E-state index in [-0.39, 0.29) is 6.42 Å². The van der Waals surface area contributed by atoms with Crippen molar-refractivity contribution < 1.29 is 24.8 Å². The van der Waals surface area contributed by atoms with Crippen LogP contribution in [0.2, 0.25) is 0 Å². The van der Waals surface area contributed by atoms with Crippen LogP contribution < -0.4 is 0 Å². The van der Waals surface area contributed by atoms with Crippen molar-refractivity contribution in [1.82, 2.24) is 0 Å². The van der Waals surface area contributed by atoms with E-state index in [4.69, 9.17) is 9.47 Å². The molecule has 0 radical (unpaired) electrons. The molecule has 6 aromatic carbocycles. The number of hydrogen-bond acceptors (Lipinski definition) is 5. The summed E-state index contributed by atoms with van der Waals surface area (Å²) >= 11 is 0. The summed E-state index contributed by atoms with van der Waals surface area (Å²) in [5.74, 6) is -1.36. The Morgan fingerprint density at radius 3 is 1.00 bits per heavy atom. The van der Waals surface area contributed by atoms with Gasteiger partial charge in [-0.05, 0) is 88.8 Å². The fourth-order valence-corrected chi connectivity index (χ4v) is 8.58. The Morgan fingerprint density at radius 2 is 0.696 bits per heavy atom. The van der Waals surface area contributed by atoms with Crippen molar-refractivity contribution in [2.45, 2.75) is 96.1 Å². The molecule has 7 rings (SSSR count). The van der Waals surface area contributed by atoms with Crippen LogP contribution in [0.1, 0.15) is 87.0 Å². The van der Waals surface area contributed by atoms with Gasteiger partial charge >= 0.3 is 0 Å². The molecule has 1 heterocycles. The summed E-state index contributed by atoms with van der Waals surface area (Å²) in [6.07, 6.45) is -1.54. The van der Waals surface area contributed by atoms with Crippen LogP contribution in [0.4, 0.5) is 0 Å². The molecule has 1 aliphatic rings. The maximum Gasteiger partial charge on any atom is 0.164 e. The Labute approximate surface area is 332 Å². The van der Waals surface area contributed by atoms with E-state index in [9.17, 15) is 15.3 Å². The lowest BCUT2D eigenvalue weighted by Crippen LogP contribution is -2.66. The van der Waals surface area contributed by atoms with Crippen LogP contribution in [0.3, 0.4) is 0 Å². The van der Waals surface area contributed by atoms with Crippen molar-refractivity contribution in [3.05, 3.63) is 212 Å². The summed E-state index contributed by atoms with van der Waals surface area (Å²) < 4.78 is 14.6. The highest BCUT2D eigenvalue weighted by atomic mass is 16.8. The van der Waals surface area contributed by atoms with Crippen molar-refractivity contribution in [3.63, 3.8) is 0 Å². The maximum atomic E-state index is 14.4. The Bertz CT molecular complexity index is 2130. The molecule has 0 saturated carbocycles. The van der Waals surface area contributed by atoms with Gasteiger partial charge in [-0.15, -0.1) is 0 Å². The monoisotopic (exact) mass is 746 g/mol. The Morgan fingerprint density at radius 1 is 0.429 bits per heavy atom. The van der Waals surface area contributed by atoms with Gasteiger partial charge in [0.05, 0.1) is 0 Å². The van der Waals surface area contributed by atoms with Crippen molar-refractivity contribution in [2.75, 3.05) is 0 Å². The molecule has 5 nitrogen and oxygen atoms in total. The average Bonchev–Trinajstić information content (AvgIpc) is 3.46. The molecule has 0 bridgehead atoms. The lowest BCUT2D eigenvalue weighted by atomic mass is 9.59. The molecule has 6 aromatic rings. The predicted molar refractivity (Wildman–Crippen MR) is 223 cm³/mol. The maximum absolute atomic E-state index is 14.4. The van der Waals surface area contributed by atoms with Crippen LogP contribution in [0.25, 0.3) is 0 Å². The van der Waals surface area contributed by atoms with E-state index < -0.39 is 34.3 Å². The Hall–Kier alpha value is -4.88. The molecule has 5 heteroatoms. The fraction of sp³-hybridized carbons (Fsp3) is 0.294. The van der Waals surface area contributed by atoms with E-state index >= 15 is 0 Å². The number of aryl methyl sites for hydroxylation is 6. The minimum absolute atomic E-state index is 0.224. The third-order valence-corrected chi connectivity index (χ3v) is 11.7. The summed E-state index contributed by atoms with van der Waals surface area (Å²) in [6.45, 7) is 15.7. The van der Waals surface area contributed by atoms with Gasteiger partial charge in [0.2, 0.25) is 0 Å². The van der Waals surface area contributed by atoms with Crippen LogP contribution in [0.5, 0.6) is 0 Å². The van der Waals surface area contributed by atoms with Gasteiger partial charge in [0, 0.05) is 6.42 Å². The molecule has 0 aromatic heterocycles. The van der Waals surface area contributed by atoms with Gasteiger partial charge in [-0.25, -0.2) is 0 Å². The van der Waals surface area contributed by atoms with E-state index in [1.807, 2.05) is 201 Å². The first-order valence-corrected chi connectivity index (χ1v) is 19.5. The van der Waals surface area contributed by atoms with Crippen LogP contribution in [-0.4, -0.2) is 32.8 Å². The molecule has 56 heavy (non-hydrogen) atoms. The second-order valence-corrected chi connectivity index (χ2v) is 16.6. The first-order valence-electron chi connectivity index (χ1n) is 19.5. The predicted octanol–water partition coefficient (Wildman–Crippen LogP) is 9.93. The summed E-state index contributed by atoms with van der Waals surface area (Å²) in [6, 6.07) is 46.7. The van der Waals surface area contributed by atoms with Crippen LogP contribution >= 0.6 is 0 Å². The topological polar surface area (TPSA) is 79.2 Å². The number of rotatable bonds is 10. The second-order valence-electron chi connectivity index (χ2n) is 16.6. The highest BCUT2D eigenvalue weighted by Gasteiger charge is 2.72. The number of benzene rings is 6. The van der Waals surface area contributed by atoms with Crippen LogP contribution in [0.15, 0.2) is 146 Å². The van der Waals surface area contributed by atoms with E-state index in [2.05, 4.69) is 0 Å². The molecule has 2 unspecified atom stereocenters. The minimum atomic E-state index is -2.03. The molecule has 3 N–H and O–H groups in total. The highest BCUT2D eigenvalue weighted by Crippen LogP contribution is 2.61. The largest absolute Gasteiger partial charge is 0.380 e. The molecular weight excluding hydrogens is 693 g/mol. The average molecular weight is 747 g/mol. The Balaban J connectivity index is 1.65. The molecular formula is C51H54O5. The molecule has 0 aliphatic carbocycles. The van der Waals surface area contributed by atoms with Crippen molar-refractivity contribution in [3.8, 4) is 0 Å². The zero-order chi connectivity index (χ0) is 40.1. The van der Waals surface area contributed by atoms with E-state index in [0.717, 1.165) is 33.4 Å². The van der Waals surface area contributed by atoms with E-state index in [1.165, 1.54) is 0 Å². The summed E-state index contributed by atoms with van der Waals surface area (Å²) in [7, 11) is 0. The molecule has 1 fully saturated rings. The van der Waals surface area contributed by atoms with Gasteiger partial charge in [-0.1, -0.05) is 179 Å². The van der Waals surface area contributed by atoms with Gasteiger partial charge in [-0.3, -0.25) is 0 Å². The molecule has 288 valence electrons.